The lowest BCUT2D eigenvalue weighted by Crippen LogP contribution is -2.18. The lowest BCUT2D eigenvalue weighted by molar-refractivity contribution is -0.116. The predicted molar refractivity (Wildman–Crippen MR) is 90.1 cm³/mol. The van der Waals surface area contributed by atoms with Crippen molar-refractivity contribution in [3.05, 3.63) is 35.5 Å². The first-order chi connectivity index (χ1) is 11.7. The van der Waals surface area contributed by atoms with Crippen LogP contribution < -0.4 is 16.0 Å². The van der Waals surface area contributed by atoms with Gasteiger partial charge in [0.05, 0.1) is 6.20 Å². The van der Waals surface area contributed by atoms with Gasteiger partial charge in [-0.1, -0.05) is 0 Å². The first kappa shape index (κ1) is 14.5. The molecule has 0 unspecified atom stereocenters. The molecule has 7 nitrogen and oxygen atoms in total. The van der Waals surface area contributed by atoms with Crippen molar-refractivity contribution in [2.45, 2.75) is 31.7 Å². The minimum atomic E-state index is 0.0504. The molecule has 0 radical (unpaired) electrons. The monoisotopic (exact) mass is 320 g/mol. The Balaban J connectivity index is 1.56. The highest BCUT2D eigenvalue weighted by Gasteiger charge is 2.23. The number of nitrogens with zero attached hydrogens (tertiary/aromatic N) is 3. The normalized spacial score (nSPS) is 15.9. The van der Waals surface area contributed by atoms with Gasteiger partial charge in [-0.25, -0.2) is 4.98 Å². The van der Waals surface area contributed by atoms with Crippen LogP contribution in [0.4, 0.5) is 23.1 Å². The van der Waals surface area contributed by atoms with Crippen LogP contribution in [0.25, 0.3) is 0 Å². The molecule has 1 saturated carbocycles. The van der Waals surface area contributed by atoms with Crippen molar-refractivity contribution in [3.63, 3.8) is 0 Å². The fourth-order valence-electron chi connectivity index (χ4n) is 2.65. The van der Waals surface area contributed by atoms with Crippen LogP contribution in [-0.4, -0.2) is 21.9 Å². The summed E-state index contributed by atoms with van der Waals surface area (Å²) < 4.78 is 0. The average molecular weight is 320 g/mol. The van der Waals surface area contributed by atoms with Gasteiger partial charge in [-0.15, -0.1) is 0 Å². The Morgan fingerprint density at radius 1 is 1.29 bits per heavy atom. The van der Waals surface area contributed by atoms with Crippen molar-refractivity contribution in [1.29, 1.82) is 5.26 Å². The lowest BCUT2D eigenvalue weighted by atomic mass is 10.0. The van der Waals surface area contributed by atoms with Gasteiger partial charge < -0.3 is 16.0 Å². The summed E-state index contributed by atoms with van der Waals surface area (Å²) in [6.45, 7) is 0. The molecule has 0 saturated heterocycles. The third kappa shape index (κ3) is 2.99. The Morgan fingerprint density at radius 2 is 2.17 bits per heavy atom. The van der Waals surface area contributed by atoms with Gasteiger partial charge in [0.25, 0.3) is 0 Å². The molecule has 1 aromatic carbocycles. The predicted octanol–water partition coefficient (Wildman–Crippen LogP) is 2.55. The molecular formula is C17H16N6O. The maximum absolute atomic E-state index is 11.4. The van der Waals surface area contributed by atoms with Crippen molar-refractivity contribution in [2.75, 3.05) is 16.0 Å². The van der Waals surface area contributed by atoms with Gasteiger partial charge in [-0.3, -0.25) is 4.79 Å². The van der Waals surface area contributed by atoms with Crippen LogP contribution in [0, 0.1) is 11.3 Å². The summed E-state index contributed by atoms with van der Waals surface area (Å²) in [5.41, 5.74) is 3.24. The fraction of sp³-hybridized carbons (Fsp3) is 0.294. The smallest absolute Gasteiger partial charge is 0.229 e. The number of aromatic nitrogens is 2. The maximum Gasteiger partial charge on any atom is 0.229 e. The van der Waals surface area contributed by atoms with E-state index in [1.807, 2.05) is 18.2 Å². The highest BCUT2D eigenvalue weighted by atomic mass is 16.1. The molecule has 0 spiro atoms. The van der Waals surface area contributed by atoms with E-state index in [2.05, 4.69) is 32.0 Å². The molecule has 2 heterocycles. The Bertz CT molecular complexity index is 853. The SMILES string of the molecule is N#Cc1cnc(Nc2ccc3c(c2)CCC(=O)N3)nc1NC1CC1. The number of carbonyl (C=O) groups is 1. The van der Waals surface area contributed by atoms with E-state index in [4.69, 9.17) is 5.26 Å². The standard InChI is InChI=1S/C17H16N6O/c18-8-11-9-19-17(23-16(11)20-12-2-3-12)21-13-4-5-14-10(7-13)1-6-15(24)22-14/h4-5,7,9,12H,1-3,6H2,(H,22,24)(H2,19,20,21,23). The topological polar surface area (TPSA) is 103 Å². The van der Waals surface area contributed by atoms with Gasteiger partial charge in [0.1, 0.15) is 17.5 Å². The third-order valence-electron chi connectivity index (χ3n) is 4.08. The zero-order valence-electron chi connectivity index (χ0n) is 13.0. The second-order valence-corrected chi connectivity index (χ2v) is 6.03. The quantitative estimate of drug-likeness (QED) is 0.800. The number of carbonyl (C=O) groups excluding carboxylic acids is 1. The highest BCUT2D eigenvalue weighted by molar-refractivity contribution is 5.94. The highest BCUT2D eigenvalue weighted by Crippen LogP contribution is 2.28. The van der Waals surface area contributed by atoms with E-state index in [1.54, 1.807) is 0 Å². The van der Waals surface area contributed by atoms with E-state index in [1.165, 1.54) is 6.20 Å². The maximum atomic E-state index is 11.4. The Hall–Kier alpha value is -3.14. The number of nitrogens with one attached hydrogen (secondary N) is 3. The molecule has 7 heteroatoms. The zero-order chi connectivity index (χ0) is 16.5. The molecule has 0 atom stereocenters. The minimum absolute atomic E-state index is 0.0504. The Morgan fingerprint density at radius 3 is 2.96 bits per heavy atom. The number of hydrogen-bond acceptors (Lipinski definition) is 6. The number of anilines is 4. The lowest BCUT2D eigenvalue weighted by Gasteiger charge is -2.18. The summed E-state index contributed by atoms with van der Waals surface area (Å²) in [6, 6.07) is 8.26. The van der Waals surface area contributed by atoms with Crippen LogP contribution in [0.15, 0.2) is 24.4 Å². The van der Waals surface area contributed by atoms with Crippen LogP contribution in [0.1, 0.15) is 30.4 Å². The van der Waals surface area contributed by atoms with E-state index in [9.17, 15) is 4.79 Å². The molecule has 0 bridgehead atoms. The summed E-state index contributed by atoms with van der Waals surface area (Å²) in [7, 11) is 0. The van der Waals surface area contributed by atoms with Gasteiger partial charge in [0, 0.05) is 23.8 Å². The third-order valence-corrected chi connectivity index (χ3v) is 4.08. The van der Waals surface area contributed by atoms with Crippen LogP contribution in [0.2, 0.25) is 0 Å². The molecule has 120 valence electrons. The van der Waals surface area contributed by atoms with Crippen molar-refractivity contribution in [1.82, 2.24) is 9.97 Å². The molecule has 1 fully saturated rings. The minimum Gasteiger partial charge on any atom is -0.366 e. The van der Waals surface area contributed by atoms with Crippen LogP contribution >= 0.6 is 0 Å². The van der Waals surface area contributed by atoms with E-state index >= 15 is 0 Å². The first-order valence-corrected chi connectivity index (χ1v) is 7.95. The van der Waals surface area contributed by atoms with Crippen molar-refractivity contribution in [3.8, 4) is 6.07 Å². The zero-order valence-corrected chi connectivity index (χ0v) is 13.0. The number of amides is 1. The number of aryl methyl sites for hydroxylation is 1. The van der Waals surface area contributed by atoms with Crippen LogP contribution in [0.3, 0.4) is 0 Å². The molecule has 4 rings (SSSR count). The van der Waals surface area contributed by atoms with Crippen molar-refractivity contribution in [2.24, 2.45) is 0 Å². The second kappa shape index (κ2) is 5.81. The van der Waals surface area contributed by atoms with Gasteiger partial charge >= 0.3 is 0 Å². The molecule has 3 N–H and O–H groups in total. The largest absolute Gasteiger partial charge is 0.366 e. The number of rotatable bonds is 4. The Kier molecular flexibility index (Phi) is 3.50. The molecule has 2 aliphatic rings. The molecule has 1 aliphatic carbocycles. The van der Waals surface area contributed by atoms with E-state index in [0.29, 0.717) is 29.8 Å². The number of nitriles is 1. The summed E-state index contributed by atoms with van der Waals surface area (Å²) in [6.07, 6.45) is 4.96. The second-order valence-electron chi connectivity index (χ2n) is 6.03. The van der Waals surface area contributed by atoms with E-state index in [0.717, 1.165) is 36.2 Å². The Labute approximate surface area is 139 Å². The van der Waals surface area contributed by atoms with E-state index in [-0.39, 0.29) is 5.91 Å². The summed E-state index contributed by atoms with van der Waals surface area (Å²) in [5.74, 6) is 1.06. The van der Waals surface area contributed by atoms with E-state index < -0.39 is 0 Å². The summed E-state index contributed by atoms with van der Waals surface area (Å²) in [4.78, 5) is 20.0. The molecule has 2 aromatic rings. The van der Waals surface area contributed by atoms with Gasteiger partial charge in [0.15, 0.2) is 0 Å². The summed E-state index contributed by atoms with van der Waals surface area (Å²) in [5, 5.41) is 18.4. The fourth-order valence-corrected chi connectivity index (χ4v) is 2.65. The van der Waals surface area contributed by atoms with Crippen molar-refractivity contribution < 1.29 is 4.79 Å². The summed E-state index contributed by atoms with van der Waals surface area (Å²) >= 11 is 0. The van der Waals surface area contributed by atoms with Crippen molar-refractivity contribution >= 4 is 29.0 Å². The number of fused-ring (bicyclic) bond motifs is 1. The van der Waals surface area contributed by atoms with Gasteiger partial charge in [-0.2, -0.15) is 10.2 Å². The molecule has 1 amide bonds. The molecule has 1 aliphatic heterocycles. The average Bonchev–Trinajstić information content (AvgIpc) is 3.39. The molecular weight excluding hydrogens is 304 g/mol. The molecule has 1 aromatic heterocycles. The van der Waals surface area contributed by atoms with Crippen LogP contribution in [-0.2, 0) is 11.2 Å². The first-order valence-electron chi connectivity index (χ1n) is 7.95. The number of benzene rings is 1. The number of hydrogen-bond donors (Lipinski definition) is 3. The van der Waals surface area contributed by atoms with Gasteiger partial charge in [0.2, 0.25) is 11.9 Å². The van der Waals surface area contributed by atoms with Gasteiger partial charge in [-0.05, 0) is 43.0 Å². The van der Waals surface area contributed by atoms with Crippen LogP contribution in [0.5, 0.6) is 0 Å². The molecule has 24 heavy (non-hydrogen) atoms.